The summed E-state index contributed by atoms with van der Waals surface area (Å²) in [5.41, 5.74) is 1.76. The lowest BCUT2D eigenvalue weighted by Crippen LogP contribution is -2.23. The van der Waals surface area contributed by atoms with Gasteiger partial charge >= 0.3 is 5.97 Å². The van der Waals surface area contributed by atoms with Crippen molar-refractivity contribution in [3.05, 3.63) is 36.3 Å². The van der Waals surface area contributed by atoms with Crippen LogP contribution in [0.4, 0.5) is 0 Å². The van der Waals surface area contributed by atoms with Crippen molar-refractivity contribution in [2.45, 2.75) is 25.3 Å². The fraction of sp³-hybridized carbons (Fsp3) is 0.357. The fourth-order valence-corrected chi connectivity index (χ4v) is 2.58. The highest BCUT2D eigenvalue weighted by atomic mass is 16.5. The Kier molecular flexibility index (Phi) is 3.03. The van der Waals surface area contributed by atoms with Crippen LogP contribution in [-0.2, 0) is 16.1 Å². The van der Waals surface area contributed by atoms with Gasteiger partial charge in [0.25, 0.3) is 0 Å². The van der Waals surface area contributed by atoms with Crippen molar-refractivity contribution in [3.8, 4) is 11.5 Å². The van der Waals surface area contributed by atoms with Crippen molar-refractivity contribution in [2.24, 2.45) is 0 Å². The van der Waals surface area contributed by atoms with Gasteiger partial charge < -0.3 is 9.30 Å². The molecule has 1 atom stereocenters. The molecule has 0 amide bonds. The van der Waals surface area contributed by atoms with Crippen LogP contribution in [0.15, 0.2) is 30.6 Å². The molecule has 0 N–H and O–H groups in total. The Bertz CT molecular complexity index is 592. The van der Waals surface area contributed by atoms with E-state index in [1.165, 1.54) is 7.11 Å². The Morgan fingerprint density at radius 1 is 1.42 bits per heavy atom. The van der Waals surface area contributed by atoms with E-state index in [9.17, 15) is 4.79 Å². The molecule has 1 aliphatic rings. The first-order valence-corrected chi connectivity index (χ1v) is 6.36. The monoisotopic (exact) mass is 257 g/mol. The number of carbonyl (C=O) groups excluding carboxylic acids is 1. The molecule has 0 fully saturated rings. The summed E-state index contributed by atoms with van der Waals surface area (Å²) in [5, 5.41) is 0. The SMILES string of the molecule is COC(=O)C1CCCn2c1cnc2-c1ccccn1. The summed E-state index contributed by atoms with van der Waals surface area (Å²) in [4.78, 5) is 20.5. The largest absolute Gasteiger partial charge is 0.469 e. The highest BCUT2D eigenvalue weighted by molar-refractivity contribution is 5.78. The van der Waals surface area contributed by atoms with Gasteiger partial charge in [0.2, 0.25) is 0 Å². The molecule has 0 saturated heterocycles. The number of carbonyl (C=O) groups is 1. The molecule has 98 valence electrons. The van der Waals surface area contributed by atoms with Gasteiger partial charge in [-0.2, -0.15) is 0 Å². The number of hydrogen-bond donors (Lipinski definition) is 0. The first-order valence-electron chi connectivity index (χ1n) is 6.36. The van der Waals surface area contributed by atoms with Gasteiger partial charge in [0.05, 0.1) is 18.7 Å². The molecule has 0 radical (unpaired) electrons. The zero-order valence-electron chi connectivity index (χ0n) is 10.7. The zero-order valence-corrected chi connectivity index (χ0v) is 10.7. The summed E-state index contributed by atoms with van der Waals surface area (Å²) in [6.45, 7) is 0.870. The molecule has 19 heavy (non-hydrogen) atoms. The van der Waals surface area contributed by atoms with E-state index in [4.69, 9.17) is 4.74 Å². The van der Waals surface area contributed by atoms with E-state index in [-0.39, 0.29) is 11.9 Å². The molecule has 3 heterocycles. The van der Waals surface area contributed by atoms with Crippen LogP contribution in [0.3, 0.4) is 0 Å². The molecule has 2 aromatic rings. The second-order valence-corrected chi connectivity index (χ2v) is 4.59. The van der Waals surface area contributed by atoms with Gasteiger partial charge in [-0.25, -0.2) is 4.98 Å². The van der Waals surface area contributed by atoms with E-state index in [1.54, 1.807) is 12.4 Å². The Hall–Kier alpha value is -2.17. The minimum Gasteiger partial charge on any atom is -0.469 e. The maximum Gasteiger partial charge on any atom is 0.314 e. The Balaban J connectivity index is 2.03. The lowest BCUT2D eigenvalue weighted by Gasteiger charge is -2.23. The van der Waals surface area contributed by atoms with Gasteiger partial charge in [-0.15, -0.1) is 0 Å². The third-order valence-electron chi connectivity index (χ3n) is 3.50. The highest BCUT2D eigenvalue weighted by Gasteiger charge is 2.30. The number of nitrogens with zero attached hydrogens (tertiary/aromatic N) is 3. The topological polar surface area (TPSA) is 57.0 Å². The summed E-state index contributed by atoms with van der Waals surface area (Å²) in [5.74, 6) is 0.432. The number of imidazole rings is 1. The predicted octanol–water partition coefficient (Wildman–Crippen LogP) is 2.00. The predicted molar refractivity (Wildman–Crippen MR) is 69.4 cm³/mol. The highest BCUT2D eigenvalue weighted by Crippen LogP contribution is 2.31. The van der Waals surface area contributed by atoms with Crippen LogP contribution >= 0.6 is 0 Å². The molecule has 5 heteroatoms. The number of rotatable bonds is 2. The van der Waals surface area contributed by atoms with Crippen molar-refractivity contribution in [1.82, 2.24) is 14.5 Å². The molecule has 0 bridgehead atoms. The Morgan fingerprint density at radius 2 is 2.32 bits per heavy atom. The van der Waals surface area contributed by atoms with Crippen LogP contribution in [0.5, 0.6) is 0 Å². The molecular weight excluding hydrogens is 242 g/mol. The van der Waals surface area contributed by atoms with Crippen LogP contribution in [0.25, 0.3) is 11.5 Å². The van der Waals surface area contributed by atoms with Crippen molar-refractivity contribution in [2.75, 3.05) is 7.11 Å². The lowest BCUT2D eigenvalue weighted by atomic mass is 9.96. The van der Waals surface area contributed by atoms with Crippen LogP contribution in [0.2, 0.25) is 0 Å². The summed E-state index contributed by atoms with van der Waals surface area (Å²) in [7, 11) is 1.43. The molecule has 0 saturated carbocycles. The zero-order chi connectivity index (χ0) is 13.2. The maximum atomic E-state index is 11.8. The Morgan fingerprint density at radius 3 is 3.05 bits per heavy atom. The van der Waals surface area contributed by atoms with E-state index >= 15 is 0 Å². The van der Waals surface area contributed by atoms with Crippen LogP contribution < -0.4 is 0 Å². The van der Waals surface area contributed by atoms with Gasteiger partial charge in [-0.1, -0.05) is 6.07 Å². The molecule has 3 rings (SSSR count). The van der Waals surface area contributed by atoms with E-state index in [2.05, 4.69) is 14.5 Å². The Labute approximate surface area is 111 Å². The number of methoxy groups -OCH3 is 1. The molecule has 0 spiro atoms. The molecule has 0 aliphatic carbocycles. The molecular formula is C14H15N3O2. The molecule has 0 aromatic carbocycles. The minimum atomic E-state index is -0.205. The number of esters is 1. The van der Waals surface area contributed by atoms with Gasteiger partial charge in [0.1, 0.15) is 5.69 Å². The fourth-order valence-electron chi connectivity index (χ4n) is 2.58. The second-order valence-electron chi connectivity index (χ2n) is 4.59. The standard InChI is InChI=1S/C14H15N3O2/c1-19-14(18)10-5-4-8-17-12(10)9-16-13(17)11-6-2-3-7-15-11/h2-3,6-7,9-10H,4-5,8H2,1H3. The summed E-state index contributed by atoms with van der Waals surface area (Å²) in [6, 6.07) is 5.74. The molecule has 5 nitrogen and oxygen atoms in total. The number of pyridine rings is 1. The van der Waals surface area contributed by atoms with Crippen LogP contribution in [-0.4, -0.2) is 27.6 Å². The number of aromatic nitrogens is 3. The van der Waals surface area contributed by atoms with Crippen molar-refractivity contribution >= 4 is 5.97 Å². The van der Waals surface area contributed by atoms with Crippen LogP contribution in [0, 0.1) is 0 Å². The van der Waals surface area contributed by atoms with Gasteiger partial charge in [-0.05, 0) is 25.0 Å². The third-order valence-corrected chi connectivity index (χ3v) is 3.50. The number of ether oxygens (including phenoxy) is 1. The van der Waals surface area contributed by atoms with Crippen molar-refractivity contribution in [1.29, 1.82) is 0 Å². The summed E-state index contributed by atoms with van der Waals surface area (Å²) < 4.78 is 6.94. The van der Waals surface area contributed by atoms with E-state index < -0.39 is 0 Å². The molecule has 2 aromatic heterocycles. The van der Waals surface area contributed by atoms with Gasteiger partial charge in [0.15, 0.2) is 5.82 Å². The van der Waals surface area contributed by atoms with Gasteiger partial charge in [-0.3, -0.25) is 9.78 Å². The maximum absolute atomic E-state index is 11.8. The summed E-state index contributed by atoms with van der Waals surface area (Å²) in [6.07, 6.45) is 5.28. The van der Waals surface area contributed by atoms with E-state index in [0.29, 0.717) is 0 Å². The van der Waals surface area contributed by atoms with Gasteiger partial charge in [0, 0.05) is 18.9 Å². The number of fused-ring (bicyclic) bond motifs is 1. The number of hydrogen-bond acceptors (Lipinski definition) is 4. The van der Waals surface area contributed by atoms with E-state index in [0.717, 1.165) is 36.6 Å². The van der Waals surface area contributed by atoms with Crippen molar-refractivity contribution in [3.63, 3.8) is 0 Å². The first kappa shape index (κ1) is 11.9. The van der Waals surface area contributed by atoms with Crippen LogP contribution in [0.1, 0.15) is 24.5 Å². The molecule has 1 unspecified atom stereocenters. The average Bonchev–Trinajstić information content (AvgIpc) is 2.91. The summed E-state index contributed by atoms with van der Waals surface area (Å²) >= 11 is 0. The second kappa shape index (κ2) is 4.84. The normalized spacial score (nSPS) is 17.8. The van der Waals surface area contributed by atoms with Crippen molar-refractivity contribution < 1.29 is 9.53 Å². The quantitative estimate of drug-likeness (QED) is 0.772. The smallest absolute Gasteiger partial charge is 0.314 e. The third kappa shape index (κ3) is 2.01. The average molecular weight is 257 g/mol. The first-order chi connectivity index (χ1) is 9.31. The molecule has 1 aliphatic heterocycles. The lowest BCUT2D eigenvalue weighted by molar-refractivity contribution is -0.143. The minimum absolute atomic E-state index is 0.187. The van der Waals surface area contributed by atoms with E-state index in [1.807, 2.05) is 18.2 Å².